The average Bonchev–Trinajstić information content (AvgIpc) is 2.16. The van der Waals surface area contributed by atoms with E-state index in [1.54, 1.807) is 6.92 Å². The molecule has 6 nitrogen and oxygen atoms in total. The highest BCUT2D eigenvalue weighted by molar-refractivity contribution is 6.28. The number of nitrogens with zero attached hydrogens (tertiary/aromatic N) is 3. The van der Waals surface area contributed by atoms with Crippen molar-refractivity contribution in [1.29, 1.82) is 0 Å². The van der Waals surface area contributed by atoms with E-state index in [4.69, 9.17) is 21.4 Å². The van der Waals surface area contributed by atoms with Gasteiger partial charge in [0.2, 0.25) is 11.2 Å². The number of aliphatic hydroxyl groups is 1. The van der Waals surface area contributed by atoms with E-state index in [9.17, 15) is 0 Å². The lowest BCUT2D eigenvalue weighted by Crippen LogP contribution is -2.12. The zero-order valence-corrected chi connectivity index (χ0v) is 9.32. The SMILES string of the molecule is COc1nc(Cl)nc(NCCC(C)O)n1. The number of nitrogens with one attached hydrogen (secondary N) is 1. The number of rotatable bonds is 5. The van der Waals surface area contributed by atoms with Crippen LogP contribution in [0, 0.1) is 0 Å². The Morgan fingerprint density at radius 2 is 2.20 bits per heavy atom. The maximum Gasteiger partial charge on any atom is 0.322 e. The molecule has 0 aliphatic carbocycles. The number of hydrogen-bond donors (Lipinski definition) is 2. The third kappa shape index (κ3) is 4.26. The van der Waals surface area contributed by atoms with E-state index in [2.05, 4.69) is 20.3 Å². The van der Waals surface area contributed by atoms with Crippen molar-refractivity contribution in [2.75, 3.05) is 19.0 Å². The lowest BCUT2D eigenvalue weighted by molar-refractivity contribution is 0.188. The van der Waals surface area contributed by atoms with E-state index in [1.165, 1.54) is 7.11 Å². The van der Waals surface area contributed by atoms with E-state index in [0.717, 1.165) is 0 Å². The van der Waals surface area contributed by atoms with Crippen LogP contribution in [0.25, 0.3) is 0 Å². The molecule has 0 saturated carbocycles. The van der Waals surface area contributed by atoms with Crippen LogP contribution in [-0.2, 0) is 0 Å². The minimum atomic E-state index is -0.364. The van der Waals surface area contributed by atoms with Crippen molar-refractivity contribution in [2.45, 2.75) is 19.4 Å². The van der Waals surface area contributed by atoms with Gasteiger partial charge in [0.25, 0.3) is 0 Å². The number of halogens is 1. The summed E-state index contributed by atoms with van der Waals surface area (Å²) in [6.45, 7) is 2.27. The van der Waals surface area contributed by atoms with Gasteiger partial charge in [0.1, 0.15) is 0 Å². The molecule has 1 rings (SSSR count). The van der Waals surface area contributed by atoms with Crippen molar-refractivity contribution in [3.63, 3.8) is 0 Å². The Labute approximate surface area is 92.7 Å². The fourth-order valence-electron chi connectivity index (χ4n) is 0.895. The summed E-state index contributed by atoms with van der Waals surface area (Å²) in [6, 6.07) is 0.162. The van der Waals surface area contributed by atoms with Crippen molar-refractivity contribution in [3.8, 4) is 6.01 Å². The number of aromatic nitrogens is 3. The van der Waals surface area contributed by atoms with Crippen molar-refractivity contribution < 1.29 is 9.84 Å². The predicted octanol–water partition coefficient (Wildman–Crippen LogP) is 0.716. The molecule has 0 aliphatic heterocycles. The van der Waals surface area contributed by atoms with Crippen LogP contribution in [0.4, 0.5) is 5.95 Å². The van der Waals surface area contributed by atoms with Crippen LogP contribution in [0.15, 0.2) is 0 Å². The molecule has 0 aliphatic rings. The second kappa shape index (κ2) is 5.67. The standard InChI is InChI=1S/C8H13ClN4O2/c1-5(14)3-4-10-7-11-6(9)12-8(13-7)15-2/h5,14H,3-4H2,1-2H3,(H,10,11,12,13). The van der Waals surface area contributed by atoms with Crippen molar-refractivity contribution in [2.24, 2.45) is 0 Å². The lowest BCUT2D eigenvalue weighted by atomic mass is 10.3. The number of hydrogen-bond acceptors (Lipinski definition) is 6. The molecular formula is C8H13ClN4O2. The van der Waals surface area contributed by atoms with E-state index >= 15 is 0 Å². The largest absolute Gasteiger partial charge is 0.467 e. The molecule has 1 heterocycles. The molecule has 0 amide bonds. The van der Waals surface area contributed by atoms with Crippen LogP contribution in [0.2, 0.25) is 5.28 Å². The van der Waals surface area contributed by atoms with Crippen molar-refractivity contribution in [3.05, 3.63) is 5.28 Å². The molecule has 0 saturated heterocycles. The summed E-state index contributed by atoms with van der Waals surface area (Å²) in [5.41, 5.74) is 0. The molecule has 1 aromatic heterocycles. The van der Waals surface area contributed by atoms with Crippen LogP contribution in [0.5, 0.6) is 6.01 Å². The number of aliphatic hydroxyl groups excluding tert-OH is 1. The monoisotopic (exact) mass is 232 g/mol. The highest BCUT2D eigenvalue weighted by atomic mass is 35.5. The summed E-state index contributed by atoms with van der Waals surface area (Å²) in [7, 11) is 1.45. The third-order valence-electron chi connectivity index (χ3n) is 1.62. The molecule has 1 aromatic rings. The maximum atomic E-state index is 9.04. The molecule has 0 spiro atoms. The molecule has 1 atom stereocenters. The number of anilines is 1. The van der Waals surface area contributed by atoms with Gasteiger partial charge in [-0.05, 0) is 24.9 Å². The van der Waals surface area contributed by atoms with E-state index in [0.29, 0.717) is 18.9 Å². The highest BCUT2D eigenvalue weighted by Crippen LogP contribution is 2.10. The summed E-state index contributed by atoms with van der Waals surface area (Å²) in [5, 5.41) is 12.0. The van der Waals surface area contributed by atoms with Gasteiger partial charge in [0.15, 0.2) is 0 Å². The zero-order chi connectivity index (χ0) is 11.3. The second-order valence-electron chi connectivity index (χ2n) is 2.98. The normalized spacial score (nSPS) is 12.3. The first-order valence-electron chi connectivity index (χ1n) is 4.49. The topological polar surface area (TPSA) is 80.2 Å². The average molecular weight is 233 g/mol. The van der Waals surface area contributed by atoms with Gasteiger partial charge in [-0.25, -0.2) is 0 Å². The fraction of sp³-hybridized carbons (Fsp3) is 0.625. The molecule has 0 radical (unpaired) electrons. The summed E-state index contributed by atoms with van der Waals surface area (Å²) >= 11 is 5.64. The van der Waals surface area contributed by atoms with E-state index in [-0.39, 0.29) is 17.4 Å². The van der Waals surface area contributed by atoms with E-state index < -0.39 is 0 Å². The maximum absolute atomic E-state index is 9.04. The summed E-state index contributed by atoms with van der Waals surface area (Å²) < 4.78 is 4.83. The van der Waals surface area contributed by atoms with Gasteiger partial charge in [-0.3, -0.25) is 0 Å². The molecule has 0 bridgehead atoms. The van der Waals surface area contributed by atoms with Gasteiger partial charge >= 0.3 is 6.01 Å². The van der Waals surface area contributed by atoms with Crippen molar-refractivity contribution in [1.82, 2.24) is 15.0 Å². The Morgan fingerprint density at radius 3 is 2.80 bits per heavy atom. The Hall–Kier alpha value is -1.14. The molecule has 15 heavy (non-hydrogen) atoms. The number of ether oxygens (including phenoxy) is 1. The van der Waals surface area contributed by atoms with Gasteiger partial charge in [-0.15, -0.1) is 0 Å². The van der Waals surface area contributed by atoms with Crippen LogP contribution in [-0.4, -0.2) is 39.8 Å². The second-order valence-corrected chi connectivity index (χ2v) is 3.32. The van der Waals surface area contributed by atoms with Gasteiger partial charge in [-0.2, -0.15) is 15.0 Å². The van der Waals surface area contributed by atoms with Gasteiger partial charge in [0.05, 0.1) is 13.2 Å². The minimum absolute atomic E-state index is 0.0707. The minimum Gasteiger partial charge on any atom is -0.467 e. The van der Waals surface area contributed by atoms with Crippen LogP contribution >= 0.6 is 11.6 Å². The smallest absolute Gasteiger partial charge is 0.322 e. The van der Waals surface area contributed by atoms with Gasteiger partial charge in [-0.1, -0.05) is 0 Å². The van der Waals surface area contributed by atoms with Crippen LogP contribution < -0.4 is 10.1 Å². The first-order chi connectivity index (χ1) is 7.11. The van der Waals surface area contributed by atoms with Crippen LogP contribution in [0.3, 0.4) is 0 Å². The Kier molecular flexibility index (Phi) is 4.51. The molecule has 7 heteroatoms. The van der Waals surface area contributed by atoms with Gasteiger partial charge in [0, 0.05) is 6.54 Å². The third-order valence-corrected chi connectivity index (χ3v) is 1.78. The zero-order valence-electron chi connectivity index (χ0n) is 8.57. The quantitative estimate of drug-likeness (QED) is 0.779. The first-order valence-corrected chi connectivity index (χ1v) is 4.87. The highest BCUT2D eigenvalue weighted by Gasteiger charge is 2.04. The molecule has 0 fully saturated rings. The van der Waals surface area contributed by atoms with E-state index in [1.807, 2.05) is 0 Å². The molecule has 2 N–H and O–H groups in total. The van der Waals surface area contributed by atoms with Crippen LogP contribution in [0.1, 0.15) is 13.3 Å². The predicted molar refractivity (Wildman–Crippen MR) is 56.2 cm³/mol. The van der Waals surface area contributed by atoms with Crippen molar-refractivity contribution >= 4 is 17.5 Å². The summed E-state index contributed by atoms with van der Waals surface area (Å²) in [6.07, 6.45) is 0.239. The molecule has 0 aromatic carbocycles. The Bertz CT molecular complexity index is 322. The number of methoxy groups -OCH3 is 1. The fourth-order valence-corrected chi connectivity index (χ4v) is 1.05. The first kappa shape index (κ1) is 11.9. The van der Waals surface area contributed by atoms with Gasteiger partial charge < -0.3 is 15.2 Å². The molecular weight excluding hydrogens is 220 g/mol. The molecule has 1 unspecified atom stereocenters. The summed E-state index contributed by atoms with van der Waals surface area (Å²) in [5.74, 6) is 0.340. The molecule has 84 valence electrons. The Balaban J connectivity index is 2.56. The Morgan fingerprint density at radius 1 is 1.47 bits per heavy atom. The summed E-state index contributed by atoms with van der Waals surface area (Å²) in [4.78, 5) is 11.5. The lowest BCUT2D eigenvalue weighted by Gasteiger charge is -2.07.